The summed E-state index contributed by atoms with van der Waals surface area (Å²) in [5.41, 5.74) is 2.79. The largest absolute Gasteiger partial charge is 0.388 e. The van der Waals surface area contributed by atoms with E-state index in [1.165, 1.54) is 0 Å². The number of thiocarbonyl (C=S) groups is 1. The maximum Gasteiger partial charge on any atom is 0.0780 e. The predicted octanol–water partition coefficient (Wildman–Crippen LogP) is 2.50. The molecule has 4 heteroatoms. The monoisotopic (exact) mass is 193 g/mol. The molecule has 0 radical (unpaired) electrons. The van der Waals surface area contributed by atoms with E-state index in [9.17, 15) is 0 Å². The first kappa shape index (κ1) is 9.71. The lowest BCUT2D eigenvalue weighted by Crippen LogP contribution is -1.91. The van der Waals surface area contributed by atoms with Crippen molar-refractivity contribution >= 4 is 34.4 Å². The van der Waals surface area contributed by atoms with E-state index in [2.05, 4.69) is 33.0 Å². The van der Waals surface area contributed by atoms with Crippen LogP contribution in [0.2, 0.25) is 0 Å². The van der Waals surface area contributed by atoms with E-state index in [-0.39, 0.29) is 0 Å². The number of rotatable bonds is 3. The number of nitrogens with one attached hydrogen (secondary N) is 2. The van der Waals surface area contributed by atoms with Crippen LogP contribution >= 0.6 is 12.2 Å². The zero-order valence-corrected chi connectivity index (χ0v) is 8.40. The van der Waals surface area contributed by atoms with E-state index in [4.69, 9.17) is 0 Å². The van der Waals surface area contributed by atoms with E-state index >= 15 is 0 Å². The number of hydrogen-bond donors (Lipinski definition) is 2. The van der Waals surface area contributed by atoms with Gasteiger partial charge in [-0.2, -0.15) is 4.99 Å². The van der Waals surface area contributed by atoms with Gasteiger partial charge in [-0.1, -0.05) is 0 Å². The lowest BCUT2D eigenvalue weighted by atomic mass is 10.2. The summed E-state index contributed by atoms with van der Waals surface area (Å²) in [7, 11) is 3.72. The fraction of sp³-hybridized carbons (Fsp3) is 0.222. The van der Waals surface area contributed by atoms with Crippen molar-refractivity contribution in [3.63, 3.8) is 0 Å². The van der Waals surface area contributed by atoms with Crippen molar-refractivity contribution < 1.29 is 0 Å². The molecule has 2 N–H and O–H groups in total. The molecule has 0 aliphatic rings. The zero-order chi connectivity index (χ0) is 9.68. The minimum absolute atomic E-state index is 0.797. The van der Waals surface area contributed by atoms with Gasteiger partial charge in [-0.05, 0) is 30.4 Å². The molecule has 0 aliphatic carbocycles. The van der Waals surface area contributed by atoms with Gasteiger partial charge in [0.05, 0.1) is 10.8 Å². The second kappa shape index (κ2) is 4.60. The molecule has 0 saturated carbocycles. The Morgan fingerprint density at radius 2 is 1.69 bits per heavy atom. The van der Waals surface area contributed by atoms with Crippen LogP contribution in [0.5, 0.6) is 0 Å². The minimum Gasteiger partial charge on any atom is -0.388 e. The molecule has 1 aromatic carbocycles. The van der Waals surface area contributed by atoms with Crippen molar-refractivity contribution in [1.29, 1.82) is 0 Å². The Balaban J connectivity index is 3.14. The first-order chi connectivity index (χ1) is 6.30. The number of anilines is 2. The molecule has 68 valence electrons. The van der Waals surface area contributed by atoms with Crippen molar-refractivity contribution in [2.75, 3.05) is 24.7 Å². The highest BCUT2D eigenvalue weighted by Crippen LogP contribution is 2.23. The van der Waals surface area contributed by atoms with E-state index in [0.717, 1.165) is 17.1 Å². The Kier molecular flexibility index (Phi) is 3.43. The first-order valence-corrected chi connectivity index (χ1v) is 4.29. The first-order valence-electron chi connectivity index (χ1n) is 3.88. The van der Waals surface area contributed by atoms with Gasteiger partial charge in [-0.3, -0.25) is 0 Å². The second-order valence-corrected chi connectivity index (χ2v) is 2.65. The number of benzene rings is 1. The van der Waals surface area contributed by atoms with Crippen molar-refractivity contribution in [2.24, 2.45) is 4.99 Å². The summed E-state index contributed by atoms with van der Waals surface area (Å²) in [5.74, 6) is 0. The Morgan fingerprint density at radius 3 is 2.08 bits per heavy atom. The third kappa shape index (κ3) is 2.54. The van der Waals surface area contributed by atoms with Gasteiger partial charge >= 0.3 is 0 Å². The second-order valence-electron chi connectivity index (χ2n) is 2.47. The van der Waals surface area contributed by atoms with Crippen LogP contribution < -0.4 is 10.6 Å². The summed E-state index contributed by atoms with van der Waals surface area (Å²) in [6, 6.07) is 5.79. The van der Waals surface area contributed by atoms with Crippen LogP contribution in [0.1, 0.15) is 0 Å². The van der Waals surface area contributed by atoms with Crippen LogP contribution in [-0.2, 0) is 0 Å². The maximum absolute atomic E-state index is 4.54. The summed E-state index contributed by atoms with van der Waals surface area (Å²) in [4.78, 5) is 3.91. The molecule has 0 aliphatic heterocycles. The molecule has 1 rings (SSSR count). The van der Waals surface area contributed by atoms with Crippen LogP contribution in [0.3, 0.4) is 0 Å². The molecule has 0 amide bonds. The van der Waals surface area contributed by atoms with Crippen LogP contribution in [0.25, 0.3) is 0 Å². The number of hydrogen-bond acceptors (Lipinski definition) is 4. The Morgan fingerprint density at radius 1 is 1.15 bits per heavy atom. The molecular weight excluding hydrogens is 182 g/mol. The minimum atomic E-state index is 0.797. The van der Waals surface area contributed by atoms with Crippen molar-refractivity contribution in [1.82, 2.24) is 0 Å². The quantitative estimate of drug-likeness (QED) is 0.572. The molecule has 13 heavy (non-hydrogen) atoms. The Hall–Kier alpha value is -1.38. The summed E-state index contributed by atoms with van der Waals surface area (Å²) in [6.07, 6.45) is 0. The van der Waals surface area contributed by atoms with Crippen LogP contribution in [0.4, 0.5) is 17.1 Å². The van der Waals surface area contributed by atoms with Crippen molar-refractivity contribution in [2.45, 2.75) is 0 Å². The lowest BCUT2D eigenvalue weighted by Gasteiger charge is -2.05. The molecule has 0 fully saturated rings. The van der Waals surface area contributed by atoms with Gasteiger partial charge in [0.1, 0.15) is 0 Å². The molecular formula is C9H11N3S. The van der Waals surface area contributed by atoms with Crippen LogP contribution in [0.15, 0.2) is 23.2 Å². The Labute approximate surface area is 82.9 Å². The highest BCUT2D eigenvalue weighted by molar-refractivity contribution is 7.78. The van der Waals surface area contributed by atoms with Gasteiger partial charge in [-0.15, -0.1) is 0 Å². The molecule has 0 unspecified atom stereocenters. The summed E-state index contributed by atoms with van der Waals surface area (Å²) in [6.45, 7) is 0. The maximum atomic E-state index is 4.54. The standard InChI is InChI=1S/C9H11N3S/c1-10-7-3-8(11-2)5-9(4-7)12-6-13/h3-5,10-11H,1-2H3. The average Bonchev–Trinajstić information content (AvgIpc) is 2.17. The summed E-state index contributed by atoms with van der Waals surface area (Å²) < 4.78 is 0. The third-order valence-electron chi connectivity index (χ3n) is 1.67. The van der Waals surface area contributed by atoms with Gasteiger partial charge in [0.2, 0.25) is 0 Å². The number of aliphatic imine (C=N–C) groups is 1. The van der Waals surface area contributed by atoms with Crippen LogP contribution in [0, 0.1) is 0 Å². The Bertz CT molecular complexity index is 320. The van der Waals surface area contributed by atoms with E-state index in [1.54, 1.807) is 0 Å². The molecule has 0 aromatic heterocycles. The topological polar surface area (TPSA) is 36.4 Å². The SMILES string of the molecule is CNc1cc(N=C=S)cc(NC)c1. The van der Waals surface area contributed by atoms with E-state index in [1.807, 2.05) is 32.3 Å². The van der Waals surface area contributed by atoms with Crippen molar-refractivity contribution in [3.8, 4) is 0 Å². The molecule has 3 nitrogen and oxygen atoms in total. The van der Waals surface area contributed by atoms with Gasteiger partial charge < -0.3 is 10.6 Å². The molecule has 0 heterocycles. The molecule has 0 atom stereocenters. The molecule has 0 spiro atoms. The average molecular weight is 193 g/mol. The highest BCUT2D eigenvalue weighted by Gasteiger charge is 1.96. The normalized spacial score (nSPS) is 8.77. The van der Waals surface area contributed by atoms with Gasteiger partial charge in [-0.25, -0.2) is 0 Å². The molecule has 0 saturated heterocycles. The summed E-state index contributed by atoms with van der Waals surface area (Å²) in [5, 5.41) is 8.42. The van der Waals surface area contributed by atoms with Crippen molar-refractivity contribution in [3.05, 3.63) is 18.2 Å². The number of nitrogens with zero attached hydrogens (tertiary/aromatic N) is 1. The third-order valence-corrected chi connectivity index (χ3v) is 1.76. The van der Waals surface area contributed by atoms with E-state index in [0.29, 0.717) is 0 Å². The highest BCUT2D eigenvalue weighted by atomic mass is 32.1. The smallest absolute Gasteiger partial charge is 0.0780 e. The van der Waals surface area contributed by atoms with Gasteiger partial charge in [0, 0.05) is 25.5 Å². The number of isothiocyanates is 1. The fourth-order valence-electron chi connectivity index (χ4n) is 1.02. The van der Waals surface area contributed by atoms with Gasteiger partial charge in [0.15, 0.2) is 0 Å². The summed E-state index contributed by atoms with van der Waals surface area (Å²) >= 11 is 4.54. The zero-order valence-electron chi connectivity index (χ0n) is 7.59. The molecule has 0 bridgehead atoms. The molecule has 1 aromatic rings. The van der Waals surface area contributed by atoms with E-state index < -0.39 is 0 Å². The van der Waals surface area contributed by atoms with Gasteiger partial charge in [0.25, 0.3) is 0 Å². The van der Waals surface area contributed by atoms with Crippen LogP contribution in [-0.4, -0.2) is 19.3 Å². The predicted molar refractivity (Wildman–Crippen MR) is 60.2 cm³/mol. The fourth-order valence-corrected chi connectivity index (χ4v) is 1.12. The lowest BCUT2D eigenvalue weighted by molar-refractivity contribution is 1.44.